The van der Waals surface area contributed by atoms with Crippen molar-refractivity contribution in [2.45, 2.75) is 41.0 Å². The second kappa shape index (κ2) is 8.23. The summed E-state index contributed by atoms with van der Waals surface area (Å²) in [4.78, 5) is 5.22. The molecule has 0 aromatic heterocycles. The molecule has 1 atom stereocenters. The molecule has 0 aromatic carbocycles. The average Bonchev–Trinajstić information content (AvgIpc) is 2.76. The average molecular weight is 269 g/mol. The fraction of sp³-hybridized carbons (Fsp3) is 1.00. The van der Waals surface area contributed by atoms with E-state index in [4.69, 9.17) is 0 Å². The van der Waals surface area contributed by atoms with Crippen molar-refractivity contribution in [2.24, 2.45) is 11.3 Å². The maximum atomic E-state index is 3.52. The Morgan fingerprint density at radius 3 is 2.21 bits per heavy atom. The van der Waals surface area contributed by atoms with Crippen molar-refractivity contribution >= 4 is 0 Å². The van der Waals surface area contributed by atoms with Crippen LogP contribution in [0, 0.1) is 11.3 Å². The highest BCUT2D eigenvalue weighted by Crippen LogP contribution is 2.25. The van der Waals surface area contributed by atoms with E-state index < -0.39 is 0 Å². The molecule has 0 spiro atoms. The van der Waals surface area contributed by atoms with E-state index in [1.54, 1.807) is 0 Å². The third-order valence-electron chi connectivity index (χ3n) is 4.31. The highest BCUT2D eigenvalue weighted by molar-refractivity contribution is 4.87. The molecule has 0 aliphatic carbocycles. The van der Waals surface area contributed by atoms with Gasteiger partial charge in [0.25, 0.3) is 0 Å². The lowest BCUT2D eigenvalue weighted by atomic mass is 9.89. The van der Waals surface area contributed by atoms with Gasteiger partial charge in [0.2, 0.25) is 0 Å². The quantitative estimate of drug-likeness (QED) is 0.693. The summed E-state index contributed by atoms with van der Waals surface area (Å²) in [7, 11) is 0. The maximum Gasteiger partial charge on any atom is 0.0110 e. The third-order valence-corrected chi connectivity index (χ3v) is 4.31. The Labute approximate surface area is 120 Å². The normalized spacial score (nSPS) is 24.0. The number of nitrogens with zero attached hydrogens (tertiary/aromatic N) is 2. The van der Waals surface area contributed by atoms with Crippen molar-refractivity contribution in [1.29, 1.82) is 0 Å². The van der Waals surface area contributed by atoms with Crippen molar-refractivity contribution in [3.63, 3.8) is 0 Å². The van der Waals surface area contributed by atoms with Crippen LogP contribution in [0.25, 0.3) is 0 Å². The molecule has 1 saturated heterocycles. The van der Waals surface area contributed by atoms with Crippen LogP contribution in [0.3, 0.4) is 0 Å². The zero-order valence-electron chi connectivity index (χ0n) is 13.8. The number of rotatable bonds is 9. The Balaban J connectivity index is 2.46. The zero-order valence-corrected chi connectivity index (χ0v) is 13.8. The van der Waals surface area contributed by atoms with Crippen LogP contribution >= 0.6 is 0 Å². The van der Waals surface area contributed by atoms with Crippen LogP contribution in [0.4, 0.5) is 0 Å². The molecule has 0 bridgehead atoms. The summed E-state index contributed by atoms with van der Waals surface area (Å²) in [6.45, 7) is 21.3. The standard InChI is InChI=1S/C16H35N3/c1-6-18(7-2)10-11-19(12-15(3)4)14-16(5)8-9-17-13-16/h15,17H,6-14H2,1-5H3. The molecule has 114 valence electrons. The van der Waals surface area contributed by atoms with Gasteiger partial charge in [0.15, 0.2) is 0 Å². The first-order chi connectivity index (χ1) is 8.99. The molecule has 1 unspecified atom stereocenters. The van der Waals surface area contributed by atoms with Gasteiger partial charge in [-0.15, -0.1) is 0 Å². The molecule has 1 aliphatic heterocycles. The topological polar surface area (TPSA) is 18.5 Å². The van der Waals surface area contributed by atoms with Gasteiger partial charge >= 0.3 is 0 Å². The lowest BCUT2D eigenvalue weighted by Gasteiger charge is -2.34. The van der Waals surface area contributed by atoms with Crippen LogP contribution in [0.1, 0.15) is 41.0 Å². The van der Waals surface area contributed by atoms with Gasteiger partial charge in [0.1, 0.15) is 0 Å². The van der Waals surface area contributed by atoms with Crippen molar-refractivity contribution in [3.8, 4) is 0 Å². The summed E-state index contributed by atoms with van der Waals surface area (Å²) in [5, 5.41) is 3.52. The molecule has 0 amide bonds. The molecule has 1 heterocycles. The summed E-state index contributed by atoms with van der Waals surface area (Å²) < 4.78 is 0. The Morgan fingerprint density at radius 2 is 1.74 bits per heavy atom. The van der Waals surface area contributed by atoms with Crippen LogP contribution in [0.5, 0.6) is 0 Å². The highest BCUT2D eigenvalue weighted by Gasteiger charge is 2.30. The molecule has 3 nitrogen and oxygen atoms in total. The van der Waals surface area contributed by atoms with E-state index in [0.717, 1.165) is 5.92 Å². The highest BCUT2D eigenvalue weighted by atomic mass is 15.2. The van der Waals surface area contributed by atoms with E-state index in [9.17, 15) is 0 Å². The van der Waals surface area contributed by atoms with E-state index >= 15 is 0 Å². The fourth-order valence-electron chi connectivity index (χ4n) is 3.12. The van der Waals surface area contributed by atoms with E-state index in [1.807, 2.05) is 0 Å². The van der Waals surface area contributed by atoms with E-state index in [-0.39, 0.29) is 0 Å². The second-order valence-electron chi connectivity index (χ2n) is 6.89. The Morgan fingerprint density at radius 1 is 1.11 bits per heavy atom. The number of likely N-dealkylation sites (N-methyl/N-ethyl adjacent to an activating group) is 1. The summed E-state index contributed by atoms with van der Waals surface area (Å²) in [5.41, 5.74) is 0.484. The zero-order chi connectivity index (χ0) is 14.3. The van der Waals surface area contributed by atoms with Gasteiger partial charge in [-0.1, -0.05) is 34.6 Å². The van der Waals surface area contributed by atoms with Crippen LogP contribution in [-0.4, -0.2) is 62.2 Å². The molecule has 0 aromatic rings. The van der Waals surface area contributed by atoms with E-state index in [1.165, 1.54) is 58.8 Å². The Hall–Kier alpha value is -0.120. The molecule has 0 saturated carbocycles. The van der Waals surface area contributed by atoms with Crippen molar-refractivity contribution in [1.82, 2.24) is 15.1 Å². The first-order valence-electron chi connectivity index (χ1n) is 8.14. The van der Waals surface area contributed by atoms with E-state index in [0.29, 0.717) is 5.41 Å². The van der Waals surface area contributed by atoms with Gasteiger partial charge in [-0.2, -0.15) is 0 Å². The summed E-state index contributed by atoms with van der Waals surface area (Å²) in [6, 6.07) is 0. The summed E-state index contributed by atoms with van der Waals surface area (Å²) in [5.74, 6) is 0.759. The van der Waals surface area contributed by atoms with Crippen molar-refractivity contribution in [3.05, 3.63) is 0 Å². The van der Waals surface area contributed by atoms with E-state index in [2.05, 4.69) is 49.7 Å². The van der Waals surface area contributed by atoms with Gasteiger partial charge in [-0.3, -0.25) is 0 Å². The molecule has 3 heteroatoms. The van der Waals surface area contributed by atoms with Crippen LogP contribution in [0.15, 0.2) is 0 Å². The molecule has 1 N–H and O–H groups in total. The molecule has 1 rings (SSSR count). The molecule has 1 fully saturated rings. The molecular formula is C16H35N3. The summed E-state index contributed by atoms with van der Waals surface area (Å²) >= 11 is 0. The van der Waals surface area contributed by atoms with Gasteiger partial charge in [0.05, 0.1) is 0 Å². The molecule has 1 aliphatic rings. The minimum atomic E-state index is 0.484. The smallest absolute Gasteiger partial charge is 0.0110 e. The fourth-order valence-corrected chi connectivity index (χ4v) is 3.12. The van der Waals surface area contributed by atoms with Gasteiger partial charge in [0, 0.05) is 32.7 Å². The molecule has 0 radical (unpaired) electrons. The Kier molecular flexibility index (Phi) is 7.33. The maximum absolute atomic E-state index is 3.52. The second-order valence-corrected chi connectivity index (χ2v) is 6.89. The first kappa shape index (κ1) is 16.9. The first-order valence-corrected chi connectivity index (χ1v) is 8.14. The predicted molar refractivity (Wildman–Crippen MR) is 84.7 cm³/mol. The molecular weight excluding hydrogens is 234 g/mol. The Bertz CT molecular complexity index is 230. The minimum Gasteiger partial charge on any atom is -0.316 e. The molecule has 19 heavy (non-hydrogen) atoms. The van der Waals surface area contributed by atoms with Crippen LogP contribution in [0.2, 0.25) is 0 Å². The summed E-state index contributed by atoms with van der Waals surface area (Å²) in [6.07, 6.45) is 1.33. The minimum absolute atomic E-state index is 0.484. The number of hydrogen-bond acceptors (Lipinski definition) is 3. The van der Waals surface area contributed by atoms with Gasteiger partial charge in [-0.05, 0) is 37.4 Å². The van der Waals surface area contributed by atoms with Crippen molar-refractivity contribution in [2.75, 3.05) is 52.4 Å². The van der Waals surface area contributed by atoms with Gasteiger partial charge < -0.3 is 15.1 Å². The SMILES string of the molecule is CCN(CC)CCN(CC(C)C)CC1(C)CCNC1. The van der Waals surface area contributed by atoms with Crippen LogP contribution in [-0.2, 0) is 0 Å². The largest absolute Gasteiger partial charge is 0.316 e. The van der Waals surface area contributed by atoms with Gasteiger partial charge in [-0.25, -0.2) is 0 Å². The van der Waals surface area contributed by atoms with Crippen molar-refractivity contribution < 1.29 is 0 Å². The lowest BCUT2D eigenvalue weighted by molar-refractivity contribution is 0.142. The number of nitrogens with one attached hydrogen (secondary N) is 1. The monoisotopic (exact) mass is 269 g/mol. The predicted octanol–water partition coefficient (Wildman–Crippen LogP) is 2.29. The van der Waals surface area contributed by atoms with Crippen LogP contribution < -0.4 is 5.32 Å². The third kappa shape index (κ3) is 6.24. The number of hydrogen-bond donors (Lipinski definition) is 1. The lowest BCUT2D eigenvalue weighted by Crippen LogP contribution is -2.43.